The Morgan fingerprint density at radius 3 is 3.07 bits per heavy atom. The van der Waals surface area contributed by atoms with Gasteiger partial charge < -0.3 is 10.4 Å². The molecule has 0 bridgehead atoms. The smallest absolute Gasteiger partial charge is 0.335 e. The lowest BCUT2D eigenvalue weighted by Crippen LogP contribution is -2.29. The van der Waals surface area contributed by atoms with Crippen molar-refractivity contribution in [1.82, 2.24) is 5.32 Å². The van der Waals surface area contributed by atoms with Gasteiger partial charge in [0.2, 0.25) is 0 Å². The zero-order valence-electron chi connectivity index (χ0n) is 8.08. The van der Waals surface area contributed by atoms with Crippen molar-refractivity contribution in [3.05, 3.63) is 34.9 Å². The van der Waals surface area contributed by atoms with E-state index < -0.39 is 5.97 Å². The lowest BCUT2D eigenvalue weighted by molar-refractivity contribution is 0.0695. The van der Waals surface area contributed by atoms with Gasteiger partial charge in [0, 0.05) is 6.04 Å². The SMILES string of the molecule is CC1NCCc2c(C(=O)O)cccc21. The molecule has 1 aliphatic heterocycles. The van der Waals surface area contributed by atoms with E-state index in [4.69, 9.17) is 5.11 Å². The molecule has 0 radical (unpaired) electrons. The van der Waals surface area contributed by atoms with Crippen LogP contribution in [0, 0.1) is 0 Å². The summed E-state index contributed by atoms with van der Waals surface area (Å²) in [5.41, 5.74) is 2.57. The minimum atomic E-state index is -0.823. The van der Waals surface area contributed by atoms with Crippen molar-refractivity contribution in [2.45, 2.75) is 19.4 Å². The largest absolute Gasteiger partial charge is 0.478 e. The number of rotatable bonds is 1. The fourth-order valence-corrected chi connectivity index (χ4v) is 2.01. The number of nitrogens with one attached hydrogen (secondary N) is 1. The monoisotopic (exact) mass is 191 g/mol. The minimum Gasteiger partial charge on any atom is -0.478 e. The van der Waals surface area contributed by atoms with Crippen molar-refractivity contribution in [1.29, 1.82) is 0 Å². The average molecular weight is 191 g/mol. The summed E-state index contributed by atoms with van der Waals surface area (Å²) in [6.45, 7) is 2.92. The van der Waals surface area contributed by atoms with Crippen LogP contribution in [0.4, 0.5) is 0 Å². The number of carbonyl (C=O) groups is 1. The van der Waals surface area contributed by atoms with Crippen molar-refractivity contribution < 1.29 is 9.90 Å². The summed E-state index contributed by atoms with van der Waals surface area (Å²) >= 11 is 0. The molecule has 0 saturated heterocycles. The molecule has 1 aliphatic rings. The van der Waals surface area contributed by atoms with Gasteiger partial charge in [0.1, 0.15) is 0 Å². The Balaban J connectivity index is 2.55. The summed E-state index contributed by atoms with van der Waals surface area (Å²) in [5, 5.41) is 12.3. The first-order valence-electron chi connectivity index (χ1n) is 4.78. The third-order valence-corrected chi connectivity index (χ3v) is 2.73. The molecule has 0 saturated carbocycles. The van der Waals surface area contributed by atoms with Gasteiger partial charge in [-0.05, 0) is 37.1 Å². The third kappa shape index (κ3) is 1.40. The molecular formula is C11H13NO2. The zero-order chi connectivity index (χ0) is 10.1. The number of fused-ring (bicyclic) bond motifs is 1. The topological polar surface area (TPSA) is 49.3 Å². The van der Waals surface area contributed by atoms with Gasteiger partial charge in [0.15, 0.2) is 0 Å². The van der Waals surface area contributed by atoms with Gasteiger partial charge in [-0.3, -0.25) is 0 Å². The van der Waals surface area contributed by atoms with E-state index in [2.05, 4.69) is 12.2 Å². The minimum absolute atomic E-state index is 0.262. The van der Waals surface area contributed by atoms with E-state index in [1.807, 2.05) is 12.1 Å². The Bertz CT molecular complexity index is 374. The van der Waals surface area contributed by atoms with Gasteiger partial charge >= 0.3 is 5.97 Å². The quantitative estimate of drug-likeness (QED) is 0.708. The Hall–Kier alpha value is -1.35. The van der Waals surface area contributed by atoms with Gasteiger partial charge in [-0.2, -0.15) is 0 Å². The first-order chi connectivity index (χ1) is 6.70. The van der Waals surface area contributed by atoms with Crippen molar-refractivity contribution >= 4 is 5.97 Å². The molecule has 74 valence electrons. The van der Waals surface area contributed by atoms with Crippen molar-refractivity contribution in [3.8, 4) is 0 Å². The molecule has 1 heterocycles. The summed E-state index contributed by atoms with van der Waals surface area (Å²) < 4.78 is 0. The fourth-order valence-electron chi connectivity index (χ4n) is 2.01. The Kier molecular flexibility index (Phi) is 2.25. The molecule has 0 aliphatic carbocycles. The fraction of sp³-hybridized carbons (Fsp3) is 0.364. The van der Waals surface area contributed by atoms with Crippen LogP contribution in [0.25, 0.3) is 0 Å². The predicted octanol–water partition coefficient (Wildman–Crippen LogP) is 1.59. The second kappa shape index (κ2) is 3.42. The molecule has 1 unspecified atom stereocenters. The van der Waals surface area contributed by atoms with Crippen LogP contribution in [-0.2, 0) is 6.42 Å². The Morgan fingerprint density at radius 1 is 1.57 bits per heavy atom. The molecule has 2 rings (SSSR count). The maximum Gasteiger partial charge on any atom is 0.335 e. The first-order valence-corrected chi connectivity index (χ1v) is 4.78. The maximum absolute atomic E-state index is 11.0. The standard InChI is InChI=1S/C11H13NO2/c1-7-8-3-2-4-10(11(13)14)9(8)5-6-12-7/h2-4,7,12H,5-6H2,1H3,(H,13,14). The van der Waals surface area contributed by atoms with Gasteiger partial charge in [0.05, 0.1) is 5.56 Å². The highest BCUT2D eigenvalue weighted by atomic mass is 16.4. The molecule has 0 aromatic heterocycles. The van der Waals surface area contributed by atoms with Crippen LogP contribution in [0.3, 0.4) is 0 Å². The average Bonchev–Trinajstić information content (AvgIpc) is 2.17. The number of benzene rings is 1. The van der Waals surface area contributed by atoms with E-state index in [-0.39, 0.29) is 6.04 Å². The normalized spacial score (nSPS) is 20.2. The Labute approximate surface area is 82.8 Å². The maximum atomic E-state index is 11.0. The molecule has 3 nitrogen and oxygen atoms in total. The Morgan fingerprint density at radius 2 is 2.36 bits per heavy atom. The summed E-state index contributed by atoms with van der Waals surface area (Å²) in [4.78, 5) is 11.0. The van der Waals surface area contributed by atoms with Crippen LogP contribution in [0.2, 0.25) is 0 Å². The summed E-state index contributed by atoms with van der Waals surface area (Å²) in [5.74, 6) is -0.823. The predicted molar refractivity (Wildman–Crippen MR) is 53.5 cm³/mol. The van der Waals surface area contributed by atoms with E-state index >= 15 is 0 Å². The van der Waals surface area contributed by atoms with Crippen LogP contribution in [0.5, 0.6) is 0 Å². The molecule has 14 heavy (non-hydrogen) atoms. The lowest BCUT2D eigenvalue weighted by atomic mass is 9.91. The number of hydrogen-bond acceptors (Lipinski definition) is 2. The van der Waals surface area contributed by atoms with E-state index in [1.54, 1.807) is 6.07 Å². The molecule has 3 heteroatoms. The second-order valence-corrected chi connectivity index (χ2v) is 3.60. The highest BCUT2D eigenvalue weighted by molar-refractivity contribution is 5.90. The van der Waals surface area contributed by atoms with Gasteiger partial charge in [-0.1, -0.05) is 12.1 Å². The number of aromatic carboxylic acids is 1. The molecule has 1 aromatic rings. The number of carboxylic acid groups (broad SMARTS) is 1. The van der Waals surface area contributed by atoms with E-state index in [9.17, 15) is 4.79 Å². The van der Waals surface area contributed by atoms with E-state index in [0.29, 0.717) is 5.56 Å². The second-order valence-electron chi connectivity index (χ2n) is 3.60. The van der Waals surface area contributed by atoms with Crippen LogP contribution in [0.15, 0.2) is 18.2 Å². The molecule has 2 N–H and O–H groups in total. The van der Waals surface area contributed by atoms with Crippen LogP contribution >= 0.6 is 0 Å². The summed E-state index contributed by atoms with van der Waals surface area (Å²) in [6, 6.07) is 5.75. The first kappa shape index (κ1) is 9.21. The van der Waals surface area contributed by atoms with E-state index in [1.165, 1.54) is 0 Å². The van der Waals surface area contributed by atoms with Gasteiger partial charge in [-0.15, -0.1) is 0 Å². The van der Waals surface area contributed by atoms with Crippen LogP contribution < -0.4 is 5.32 Å². The van der Waals surface area contributed by atoms with Crippen LogP contribution in [0.1, 0.15) is 34.5 Å². The molecule has 1 aromatic carbocycles. The van der Waals surface area contributed by atoms with Gasteiger partial charge in [0.25, 0.3) is 0 Å². The van der Waals surface area contributed by atoms with Crippen molar-refractivity contribution in [2.24, 2.45) is 0 Å². The summed E-state index contributed by atoms with van der Waals surface area (Å²) in [6.07, 6.45) is 0.808. The number of hydrogen-bond donors (Lipinski definition) is 2. The van der Waals surface area contributed by atoms with Crippen molar-refractivity contribution in [3.63, 3.8) is 0 Å². The van der Waals surface area contributed by atoms with Gasteiger partial charge in [-0.25, -0.2) is 4.79 Å². The lowest BCUT2D eigenvalue weighted by Gasteiger charge is -2.24. The van der Waals surface area contributed by atoms with E-state index in [0.717, 1.165) is 24.1 Å². The van der Waals surface area contributed by atoms with Crippen LogP contribution in [-0.4, -0.2) is 17.6 Å². The molecule has 1 atom stereocenters. The zero-order valence-corrected chi connectivity index (χ0v) is 8.08. The molecule has 0 fully saturated rings. The molecule has 0 amide bonds. The molecule has 0 spiro atoms. The third-order valence-electron chi connectivity index (χ3n) is 2.73. The highest BCUT2D eigenvalue weighted by Crippen LogP contribution is 2.25. The molecular weight excluding hydrogens is 178 g/mol. The number of carboxylic acids is 1. The highest BCUT2D eigenvalue weighted by Gasteiger charge is 2.20. The summed E-state index contributed by atoms with van der Waals surface area (Å²) in [7, 11) is 0. The van der Waals surface area contributed by atoms with Crippen molar-refractivity contribution in [2.75, 3.05) is 6.54 Å².